The van der Waals surface area contributed by atoms with Gasteiger partial charge in [-0.25, -0.2) is 0 Å². The highest BCUT2D eigenvalue weighted by atomic mass is 16.3. The lowest BCUT2D eigenvalue weighted by Crippen LogP contribution is -2.47. The first-order valence-electron chi connectivity index (χ1n) is 6.08. The number of aryl methyl sites for hydroxylation is 1. The van der Waals surface area contributed by atoms with Crippen molar-refractivity contribution < 1.29 is 10.2 Å². The van der Waals surface area contributed by atoms with Gasteiger partial charge in [0.15, 0.2) is 0 Å². The molecule has 0 unspecified atom stereocenters. The summed E-state index contributed by atoms with van der Waals surface area (Å²) in [7, 11) is 0. The zero-order chi connectivity index (χ0) is 12.9. The zero-order valence-corrected chi connectivity index (χ0v) is 10.8. The third-order valence-electron chi connectivity index (χ3n) is 3.38. The van der Waals surface area contributed by atoms with Gasteiger partial charge in [0.05, 0.1) is 12.3 Å². The molecule has 17 heavy (non-hydrogen) atoms. The molecule has 0 aliphatic carbocycles. The third kappa shape index (κ3) is 3.41. The smallest absolute Gasteiger partial charge is 0.138 e. The van der Waals surface area contributed by atoms with Crippen molar-refractivity contribution >= 4 is 0 Å². The van der Waals surface area contributed by atoms with Crippen molar-refractivity contribution in [2.45, 2.75) is 45.7 Å². The summed E-state index contributed by atoms with van der Waals surface area (Å²) in [6.45, 7) is 6.52. The fourth-order valence-electron chi connectivity index (χ4n) is 1.78. The molecule has 0 spiro atoms. The molecule has 0 fully saturated rings. The molecule has 0 aliphatic rings. The molecule has 1 aromatic heterocycles. The molecular formula is C13H22N2O2. The van der Waals surface area contributed by atoms with Crippen LogP contribution in [0.1, 0.15) is 38.1 Å². The van der Waals surface area contributed by atoms with Crippen LogP contribution in [0.25, 0.3) is 0 Å². The Morgan fingerprint density at radius 1 is 1.29 bits per heavy atom. The maximum Gasteiger partial charge on any atom is 0.138 e. The molecule has 0 atom stereocenters. The van der Waals surface area contributed by atoms with Gasteiger partial charge in [-0.2, -0.15) is 0 Å². The standard InChI is InChI=1S/C13H22N2O2/c1-4-13(5-2,9-16)14-8-11-12(17)7-6-10(3)15-11/h6-7,14,16-17H,4-5,8-9H2,1-3H3. The molecule has 3 N–H and O–H groups in total. The Morgan fingerprint density at radius 2 is 1.94 bits per heavy atom. The summed E-state index contributed by atoms with van der Waals surface area (Å²) < 4.78 is 0. The molecule has 4 nitrogen and oxygen atoms in total. The number of aliphatic hydroxyl groups excluding tert-OH is 1. The Bertz CT molecular complexity index is 354. The van der Waals surface area contributed by atoms with E-state index in [1.807, 2.05) is 20.8 Å². The molecule has 1 heterocycles. The SMILES string of the molecule is CCC(CC)(CO)NCc1nc(C)ccc1O. The molecule has 0 bridgehead atoms. The second-order valence-corrected chi connectivity index (χ2v) is 4.42. The fourth-order valence-corrected chi connectivity index (χ4v) is 1.78. The van der Waals surface area contributed by atoms with E-state index in [1.54, 1.807) is 12.1 Å². The molecule has 0 saturated carbocycles. The highest BCUT2D eigenvalue weighted by molar-refractivity contribution is 5.27. The molecule has 4 heteroatoms. The quantitative estimate of drug-likeness (QED) is 0.706. The summed E-state index contributed by atoms with van der Waals surface area (Å²) in [5, 5.41) is 22.4. The number of hydrogen-bond donors (Lipinski definition) is 3. The summed E-state index contributed by atoms with van der Waals surface area (Å²) in [4.78, 5) is 4.28. The lowest BCUT2D eigenvalue weighted by molar-refractivity contribution is 0.149. The van der Waals surface area contributed by atoms with E-state index in [4.69, 9.17) is 0 Å². The monoisotopic (exact) mass is 238 g/mol. The van der Waals surface area contributed by atoms with Crippen molar-refractivity contribution in [1.82, 2.24) is 10.3 Å². The summed E-state index contributed by atoms with van der Waals surface area (Å²) in [5.41, 5.74) is 1.23. The minimum absolute atomic E-state index is 0.0899. The van der Waals surface area contributed by atoms with Crippen molar-refractivity contribution in [2.24, 2.45) is 0 Å². The summed E-state index contributed by atoms with van der Waals surface area (Å²) in [6, 6.07) is 3.43. The van der Waals surface area contributed by atoms with Crippen molar-refractivity contribution in [3.8, 4) is 5.75 Å². The van der Waals surface area contributed by atoms with E-state index < -0.39 is 0 Å². The van der Waals surface area contributed by atoms with Gasteiger partial charge in [0, 0.05) is 17.8 Å². The first-order chi connectivity index (χ1) is 8.06. The normalized spacial score (nSPS) is 11.8. The minimum Gasteiger partial charge on any atom is -0.506 e. The van der Waals surface area contributed by atoms with Crippen LogP contribution in [-0.4, -0.2) is 27.3 Å². The van der Waals surface area contributed by atoms with Crippen LogP contribution in [0.2, 0.25) is 0 Å². The van der Waals surface area contributed by atoms with E-state index in [1.165, 1.54) is 0 Å². The van der Waals surface area contributed by atoms with Gasteiger partial charge in [0.25, 0.3) is 0 Å². The molecule has 0 aromatic carbocycles. The molecular weight excluding hydrogens is 216 g/mol. The van der Waals surface area contributed by atoms with Crippen LogP contribution in [-0.2, 0) is 6.54 Å². The topological polar surface area (TPSA) is 65.4 Å². The van der Waals surface area contributed by atoms with Gasteiger partial charge >= 0.3 is 0 Å². The van der Waals surface area contributed by atoms with E-state index >= 15 is 0 Å². The largest absolute Gasteiger partial charge is 0.506 e. The molecule has 0 radical (unpaired) electrons. The van der Waals surface area contributed by atoms with Gasteiger partial charge in [0.1, 0.15) is 5.75 Å². The van der Waals surface area contributed by atoms with Gasteiger partial charge in [-0.3, -0.25) is 4.98 Å². The van der Waals surface area contributed by atoms with E-state index in [2.05, 4.69) is 10.3 Å². The number of nitrogens with zero attached hydrogens (tertiary/aromatic N) is 1. The fraction of sp³-hybridized carbons (Fsp3) is 0.615. The lowest BCUT2D eigenvalue weighted by Gasteiger charge is -2.30. The zero-order valence-electron chi connectivity index (χ0n) is 10.8. The van der Waals surface area contributed by atoms with Crippen molar-refractivity contribution in [1.29, 1.82) is 0 Å². The molecule has 0 aliphatic heterocycles. The summed E-state index contributed by atoms with van der Waals surface area (Å²) in [6.07, 6.45) is 1.68. The first-order valence-corrected chi connectivity index (χ1v) is 6.08. The van der Waals surface area contributed by atoms with Gasteiger partial charge in [-0.15, -0.1) is 0 Å². The van der Waals surface area contributed by atoms with E-state index in [9.17, 15) is 10.2 Å². The predicted molar refractivity (Wildman–Crippen MR) is 67.9 cm³/mol. The highest BCUT2D eigenvalue weighted by Crippen LogP contribution is 2.18. The minimum atomic E-state index is -0.280. The Labute approximate surface area is 103 Å². The average molecular weight is 238 g/mol. The Hall–Kier alpha value is -1.13. The van der Waals surface area contributed by atoms with Crippen molar-refractivity contribution in [3.63, 3.8) is 0 Å². The van der Waals surface area contributed by atoms with Crippen molar-refractivity contribution in [2.75, 3.05) is 6.61 Å². The summed E-state index contributed by atoms with van der Waals surface area (Å²) >= 11 is 0. The van der Waals surface area contributed by atoms with Crippen LogP contribution in [0.15, 0.2) is 12.1 Å². The second kappa shape index (κ2) is 5.98. The maximum absolute atomic E-state index is 9.68. The van der Waals surface area contributed by atoms with Crippen LogP contribution < -0.4 is 5.32 Å². The molecule has 0 amide bonds. The predicted octanol–water partition coefficient (Wildman–Crippen LogP) is 1.74. The number of aromatic hydroxyl groups is 1. The number of aromatic nitrogens is 1. The Balaban J connectivity index is 2.75. The van der Waals surface area contributed by atoms with Gasteiger partial charge in [-0.1, -0.05) is 13.8 Å². The third-order valence-corrected chi connectivity index (χ3v) is 3.38. The van der Waals surface area contributed by atoms with E-state index in [-0.39, 0.29) is 17.9 Å². The van der Waals surface area contributed by atoms with Crippen molar-refractivity contribution in [3.05, 3.63) is 23.5 Å². The molecule has 1 rings (SSSR count). The number of hydrogen-bond acceptors (Lipinski definition) is 4. The molecule has 96 valence electrons. The van der Waals surface area contributed by atoms with Crippen LogP contribution in [0.4, 0.5) is 0 Å². The average Bonchev–Trinajstić information content (AvgIpc) is 2.35. The number of pyridine rings is 1. The molecule has 1 aromatic rings. The van der Waals surface area contributed by atoms with E-state index in [0.29, 0.717) is 12.2 Å². The van der Waals surface area contributed by atoms with Crippen LogP contribution in [0, 0.1) is 6.92 Å². The number of aliphatic hydroxyl groups is 1. The Kier molecular flexibility index (Phi) is 4.90. The molecule has 0 saturated heterocycles. The van der Waals surface area contributed by atoms with Crippen LogP contribution in [0.3, 0.4) is 0 Å². The first kappa shape index (κ1) is 13.9. The lowest BCUT2D eigenvalue weighted by atomic mass is 9.94. The number of nitrogens with one attached hydrogen (secondary N) is 1. The second-order valence-electron chi connectivity index (χ2n) is 4.42. The van der Waals surface area contributed by atoms with Gasteiger partial charge in [0.2, 0.25) is 0 Å². The summed E-state index contributed by atoms with van der Waals surface area (Å²) in [5.74, 6) is 0.196. The highest BCUT2D eigenvalue weighted by Gasteiger charge is 2.24. The van der Waals surface area contributed by atoms with Gasteiger partial charge in [-0.05, 0) is 31.9 Å². The van der Waals surface area contributed by atoms with Crippen LogP contribution >= 0.6 is 0 Å². The Morgan fingerprint density at radius 3 is 2.47 bits per heavy atom. The van der Waals surface area contributed by atoms with E-state index in [0.717, 1.165) is 18.5 Å². The van der Waals surface area contributed by atoms with Gasteiger partial charge < -0.3 is 15.5 Å². The number of rotatable bonds is 6. The van der Waals surface area contributed by atoms with Crippen LogP contribution in [0.5, 0.6) is 5.75 Å². The maximum atomic E-state index is 9.68.